The van der Waals surface area contributed by atoms with E-state index < -0.39 is 0 Å². The molecule has 0 aromatic heterocycles. The normalized spacial score (nSPS) is 16.9. The smallest absolute Gasteiger partial charge is 0.00168 e. The second-order valence-corrected chi connectivity index (χ2v) is 5.02. The number of fused-ring (bicyclic) bond motifs is 1. The van der Waals surface area contributed by atoms with Crippen LogP contribution in [0.2, 0.25) is 0 Å². The van der Waals surface area contributed by atoms with Crippen molar-refractivity contribution >= 4 is 11.6 Å². The van der Waals surface area contributed by atoms with E-state index in [1.165, 1.54) is 21.6 Å². The topological polar surface area (TPSA) is 0 Å². The molecule has 0 saturated carbocycles. The standard InChI is InChI=1S/C15H18.CH4/c1-11-6-5-7-13-10-15(3,4)9-8-12(2)14(11)13;/h5-10H,1-4H3;1H4. The van der Waals surface area contributed by atoms with Gasteiger partial charge < -0.3 is 0 Å². The van der Waals surface area contributed by atoms with E-state index in [0.717, 1.165) is 0 Å². The molecule has 0 amide bonds. The zero-order chi connectivity index (χ0) is 11.1. The highest BCUT2D eigenvalue weighted by atomic mass is 14.2. The van der Waals surface area contributed by atoms with Crippen LogP contribution in [-0.4, -0.2) is 0 Å². The molecule has 0 atom stereocenters. The van der Waals surface area contributed by atoms with Gasteiger partial charge in [0.25, 0.3) is 0 Å². The molecule has 0 aliphatic heterocycles. The minimum Gasteiger partial charge on any atom is -0.0776 e. The Morgan fingerprint density at radius 2 is 1.75 bits per heavy atom. The second kappa shape index (κ2) is 4.29. The lowest BCUT2D eigenvalue weighted by atomic mass is 9.92. The molecule has 1 aliphatic rings. The lowest BCUT2D eigenvalue weighted by Crippen LogP contribution is -2.29. The highest BCUT2D eigenvalue weighted by Crippen LogP contribution is 2.20. The maximum absolute atomic E-state index is 2.35. The number of hydrogen-bond donors (Lipinski definition) is 0. The maximum Gasteiger partial charge on any atom is 0.00168 e. The Bertz CT molecular complexity index is 528. The Morgan fingerprint density at radius 1 is 1.06 bits per heavy atom. The molecule has 0 saturated heterocycles. The van der Waals surface area contributed by atoms with E-state index in [9.17, 15) is 0 Å². The first-order chi connectivity index (χ1) is 6.99. The minimum atomic E-state index is 0. The van der Waals surface area contributed by atoms with Crippen LogP contribution in [0.15, 0.2) is 30.4 Å². The quantitative estimate of drug-likeness (QED) is 0.622. The summed E-state index contributed by atoms with van der Waals surface area (Å²) in [5.41, 5.74) is 2.88. The third-order valence-electron chi connectivity index (χ3n) is 2.99. The van der Waals surface area contributed by atoms with Gasteiger partial charge in [0.05, 0.1) is 0 Å². The SMILES string of the molecule is C.CC1=c2c(C)cccc2=CC(C)(C)C=C1. The van der Waals surface area contributed by atoms with Gasteiger partial charge in [-0.05, 0) is 35.4 Å². The molecule has 0 heterocycles. The highest BCUT2D eigenvalue weighted by Gasteiger charge is 2.11. The van der Waals surface area contributed by atoms with Crippen molar-refractivity contribution in [1.82, 2.24) is 0 Å². The largest absolute Gasteiger partial charge is 0.0776 e. The molecule has 1 aromatic rings. The van der Waals surface area contributed by atoms with Gasteiger partial charge in [-0.25, -0.2) is 0 Å². The van der Waals surface area contributed by atoms with Gasteiger partial charge in [0.1, 0.15) is 0 Å². The van der Waals surface area contributed by atoms with Crippen LogP contribution >= 0.6 is 0 Å². The first-order valence-corrected chi connectivity index (χ1v) is 5.48. The van der Waals surface area contributed by atoms with Crippen molar-refractivity contribution in [2.75, 3.05) is 0 Å². The Labute approximate surface area is 99.0 Å². The Morgan fingerprint density at radius 3 is 2.44 bits per heavy atom. The van der Waals surface area contributed by atoms with E-state index in [-0.39, 0.29) is 12.8 Å². The fourth-order valence-electron chi connectivity index (χ4n) is 2.22. The van der Waals surface area contributed by atoms with Crippen LogP contribution in [0.4, 0.5) is 0 Å². The summed E-state index contributed by atoms with van der Waals surface area (Å²) in [5.74, 6) is 0. The van der Waals surface area contributed by atoms with Gasteiger partial charge >= 0.3 is 0 Å². The summed E-state index contributed by atoms with van der Waals surface area (Å²) in [4.78, 5) is 0. The molecule has 1 aromatic carbocycles. The summed E-state index contributed by atoms with van der Waals surface area (Å²) in [5, 5.41) is 2.77. The fraction of sp³-hybridized carbons (Fsp3) is 0.375. The van der Waals surface area contributed by atoms with Crippen molar-refractivity contribution in [2.24, 2.45) is 5.41 Å². The molecule has 0 nitrogen and oxygen atoms in total. The lowest BCUT2D eigenvalue weighted by Gasteiger charge is -2.12. The molecule has 0 N–H and O–H groups in total. The molecule has 0 heteroatoms. The maximum atomic E-state index is 2.35. The zero-order valence-electron chi connectivity index (χ0n) is 9.96. The molecule has 0 spiro atoms. The van der Waals surface area contributed by atoms with Gasteiger partial charge in [0.15, 0.2) is 0 Å². The van der Waals surface area contributed by atoms with Crippen molar-refractivity contribution in [3.63, 3.8) is 0 Å². The average Bonchev–Trinajstić information content (AvgIpc) is 2.24. The van der Waals surface area contributed by atoms with Gasteiger partial charge in [0.2, 0.25) is 0 Å². The van der Waals surface area contributed by atoms with Crippen LogP contribution in [-0.2, 0) is 0 Å². The van der Waals surface area contributed by atoms with Crippen molar-refractivity contribution in [3.8, 4) is 0 Å². The van der Waals surface area contributed by atoms with Crippen LogP contribution in [0.3, 0.4) is 0 Å². The summed E-state index contributed by atoms with van der Waals surface area (Å²) >= 11 is 0. The summed E-state index contributed by atoms with van der Waals surface area (Å²) in [6, 6.07) is 6.53. The van der Waals surface area contributed by atoms with E-state index >= 15 is 0 Å². The molecule has 2 rings (SSSR count). The summed E-state index contributed by atoms with van der Waals surface area (Å²) in [6.07, 6.45) is 6.87. The van der Waals surface area contributed by atoms with E-state index in [1.807, 2.05) is 0 Å². The molecule has 0 bridgehead atoms. The number of allylic oxidation sites excluding steroid dienone is 2. The molecule has 16 heavy (non-hydrogen) atoms. The Kier molecular flexibility index (Phi) is 3.42. The minimum absolute atomic E-state index is 0. The first kappa shape index (κ1) is 12.8. The van der Waals surface area contributed by atoms with E-state index in [4.69, 9.17) is 0 Å². The number of rotatable bonds is 0. The van der Waals surface area contributed by atoms with Gasteiger partial charge in [-0.15, -0.1) is 0 Å². The van der Waals surface area contributed by atoms with Crippen molar-refractivity contribution in [1.29, 1.82) is 0 Å². The van der Waals surface area contributed by atoms with Gasteiger partial charge in [-0.1, -0.05) is 57.7 Å². The molecule has 86 valence electrons. The molecule has 0 fully saturated rings. The average molecular weight is 214 g/mol. The molecular formula is C16H22. The van der Waals surface area contributed by atoms with Crippen molar-refractivity contribution in [3.05, 3.63) is 46.4 Å². The molecule has 0 radical (unpaired) electrons. The predicted molar refractivity (Wildman–Crippen MR) is 73.6 cm³/mol. The summed E-state index contributed by atoms with van der Waals surface area (Å²) in [7, 11) is 0. The van der Waals surface area contributed by atoms with Crippen LogP contribution in [0.1, 0.15) is 33.8 Å². The summed E-state index contributed by atoms with van der Waals surface area (Å²) < 4.78 is 0. The van der Waals surface area contributed by atoms with Gasteiger partial charge in [-0.2, -0.15) is 0 Å². The first-order valence-electron chi connectivity index (χ1n) is 5.48. The monoisotopic (exact) mass is 214 g/mol. The fourth-order valence-corrected chi connectivity index (χ4v) is 2.22. The summed E-state index contributed by atoms with van der Waals surface area (Å²) in [6.45, 7) is 8.86. The van der Waals surface area contributed by atoms with E-state index in [2.05, 4.69) is 64.1 Å². The third-order valence-corrected chi connectivity index (χ3v) is 2.99. The number of aryl methyl sites for hydroxylation is 1. The Hall–Kier alpha value is -1.30. The highest BCUT2D eigenvalue weighted by molar-refractivity contribution is 5.60. The van der Waals surface area contributed by atoms with Crippen LogP contribution < -0.4 is 10.4 Å². The Balaban J connectivity index is 0.00000128. The number of hydrogen-bond acceptors (Lipinski definition) is 0. The predicted octanol–water partition coefficient (Wildman–Crippen LogP) is 3.18. The van der Waals surface area contributed by atoms with E-state index in [0.29, 0.717) is 0 Å². The third kappa shape index (κ3) is 2.27. The number of benzene rings is 1. The van der Waals surface area contributed by atoms with E-state index in [1.54, 1.807) is 0 Å². The lowest BCUT2D eigenvalue weighted by molar-refractivity contribution is 0.670. The molecular weight excluding hydrogens is 192 g/mol. The van der Waals surface area contributed by atoms with Crippen LogP contribution in [0, 0.1) is 12.3 Å². The van der Waals surface area contributed by atoms with Crippen LogP contribution in [0.5, 0.6) is 0 Å². The van der Waals surface area contributed by atoms with Crippen molar-refractivity contribution in [2.45, 2.75) is 35.1 Å². The van der Waals surface area contributed by atoms with Gasteiger partial charge in [0, 0.05) is 5.41 Å². The second-order valence-electron chi connectivity index (χ2n) is 5.02. The van der Waals surface area contributed by atoms with Gasteiger partial charge in [-0.3, -0.25) is 0 Å². The zero-order valence-corrected chi connectivity index (χ0v) is 9.96. The molecule has 0 unspecified atom stereocenters. The van der Waals surface area contributed by atoms with Crippen LogP contribution in [0.25, 0.3) is 11.6 Å². The molecule has 1 aliphatic carbocycles. The van der Waals surface area contributed by atoms with Crippen molar-refractivity contribution < 1.29 is 0 Å².